The van der Waals surface area contributed by atoms with Gasteiger partial charge in [-0.3, -0.25) is 9.78 Å². The van der Waals surface area contributed by atoms with Crippen molar-refractivity contribution in [1.82, 2.24) is 9.88 Å². The van der Waals surface area contributed by atoms with Crippen LogP contribution in [0, 0.1) is 6.07 Å². The molecule has 1 atom stereocenters. The zero-order chi connectivity index (χ0) is 13.0. The molecule has 1 aromatic heterocycles. The molecule has 0 aliphatic carbocycles. The molecule has 3 heteroatoms. The van der Waals surface area contributed by atoms with Crippen LogP contribution in [0.1, 0.15) is 24.1 Å². The number of benzene rings is 1. The van der Waals surface area contributed by atoms with Gasteiger partial charge in [0, 0.05) is 26.4 Å². The number of carbonyl (C=O) groups excluding carboxylic acids is 1. The van der Waals surface area contributed by atoms with Gasteiger partial charge in [-0.15, -0.1) is 0 Å². The lowest BCUT2D eigenvalue weighted by Gasteiger charge is -2.27. The molecule has 1 radical (unpaired) electrons. The quantitative estimate of drug-likeness (QED) is 0.824. The number of aromatic nitrogens is 1. The Balaban J connectivity index is 2.45. The largest absolute Gasteiger partial charge is 0.335 e. The minimum Gasteiger partial charge on any atom is -0.335 e. The standard InChI is InChI=1S/C15H15N2O/c1-12(18)17(2)15(13-7-4-3-5-8-13)14-9-6-10-16-11-14/h3-4,6-11,15H,1-2H3. The number of hydrogen-bond donors (Lipinski definition) is 0. The Kier molecular flexibility index (Phi) is 3.72. The van der Waals surface area contributed by atoms with E-state index in [0.29, 0.717) is 0 Å². The Morgan fingerprint density at radius 2 is 2.11 bits per heavy atom. The highest BCUT2D eigenvalue weighted by molar-refractivity contribution is 5.74. The van der Waals surface area contributed by atoms with E-state index in [1.165, 1.54) is 0 Å². The molecule has 1 amide bonds. The predicted molar refractivity (Wildman–Crippen MR) is 69.8 cm³/mol. The lowest BCUT2D eigenvalue weighted by Crippen LogP contribution is -2.29. The van der Waals surface area contributed by atoms with Gasteiger partial charge in [-0.25, -0.2) is 0 Å². The minimum absolute atomic E-state index is 0.0210. The summed E-state index contributed by atoms with van der Waals surface area (Å²) in [4.78, 5) is 17.5. The Bertz CT molecular complexity index is 471. The van der Waals surface area contributed by atoms with Gasteiger partial charge in [-0.05, 0) is 29.3 Å². The van der Waals surface area contributed by atoms with E-state index in [4.69, 9.17) is 0 Å². The fourth-order valence-electron chi connectivity index (χ4n) is 1.94. The van der Waals surface area contributed by atoms with Crippen LogP contribution in [0.2, 0.25) is 0 Å². The van der Waals surface area contributed by atoms with Crippen molar-refractivity contribution in [3.63, 3.8) is 0 Å². The second-order valence-corrected chi connectivity index (χ2v) is 4.16. The lowest BCUT2D eigenvalue weighted by atomic mass is 9.99. The molecule has 1 heterocycles. The third kappa shape index (κ3) is 2.56. The minimum atomic E-state index is -0.117. The van der Waals surface area contributed by atoms with Gasteiger partial charge in [0.2, 0.25) is 5.91 Å². The van der Waals surface area contributed by atoms with Crippen LogP contribution in [-0.2, 0) is 4.79 Å². The van der Waals surface area contributed by atoms with Crippen molar-refractivity contribution < 1.29 is 4.79 Å². The molecule has 3 nitrogen and oxygen atoms in total. The Morgan fingerprint density at radius 3 is 2.67 bits per heavy atom. The van der Waals surface area contributed by atoms with Crippen LogP contribution in [0.25, 0.3) is 0 Å². The Labute approximate surface area is 107 Å². The maximum atomic E-state index is 11.6. The first-order chi connectivity index (χ1) is 8.70. The average Bonchev–Trinajstić information content (AvgIpc) is 2.41. The van der Waals surface area contributed by atoms with E-state index in [1.807, 2.05) is 36.4 Å². The van der Waals surface area contributed by atoms with E-state index in [1.54, 1.807) is 31.3 Å². The molecule has 1 aromatic carbocycles. The molecule has 0 N–H and O–H groups in total. The third-order valence-corrected chi connectivity index (χ3v) is 2.93. The number of nitrogens with zero attached hydrogens (tertiary/aromatic N) is 2. The van der Waals surface area contributed by atoms with E-state index < -0.39 is 0 Å². The molecule has 0 aliphatic heterocycles. The second-order valence-electron chi connectivity index (χ2n) is 4.16. The molecule has 18 heavy (non-hydrogen) atoms. The maximum Gasteiger partial charge on any atom is 0.219 e. The van der Waals surface area contributed by atoms with E-state index >= 15 is 0 Å². The van der Waals surface area contributed by atoms with Crippen LogP contribution < -0.4 is 0 Å². The molecule has 0 saturated heterocycles. The first-order valence-electron chi connectivity index (χ1n) is 5.79. The summed E-state index contributed by atoms with van der Waals surface area (Å²) in [6, 6.07) is 14.4. The molecule has 1 unspecified atom stereocenters. The van der Waals surface area contributed by atoms with Gasteiger partial charge in [-0.1, -0.05) is 24.3 Å². The molecular formula is C15H15N2O. The van der Waals surface area contributed by atoms with Crippen molar-refractivity contribution in [3.8, 4) is 0 Å². The summed E-state index contributed by atoms with van der Waals surface area (Å²) in [5.74, 6) is 0.0210. The number of rotatable bonds is 3. The summed E-state index contributed by atoms with van der Waals surface area (Å²) >= 11 is 0. The monoisotopic (exact) mass is 239 g/mol. The molecular weight excluding hydrogens is 224 g/mol. The van der Waals surface area contributed by atoms with Crippen molar-refractivity contribution >= 4 is 5.91 Å². The number of carbonyl (C=O) groups is 1. The van der Waals surface area contributed by atoms with Gasteiger partial charge >= 0.3 is 0 Å². The van der Waals surface area contributed by atoms with E-state index in [-0.39, 0.29) is 11.9 Å². The molecule has 0 bridgehead atoms. The fourth-order valence-corrected chi connectivity index (χ4v) is 1.94. The molecule has 0 spiro atoms. The van der Waals surface area contributed by atoms with Crippen LogP contribution in [0.4, 0.5) is 0 Å². The highest BCUT2D eigenvalue weighted by Gasteiger charge is 2.20. The lowest BCUT2D eigenvalue weighted by molar-refractivity contribution is -0.129. The van der Waals surface area contributed by atoms with Crippen LogP contribution in [0.15, 0.2) is 48.8 Å². The van der Waals surface area contributed by atoms with Gasteiger partial charge in [-0.2, -0.15) is 0 Å². The zero-order valence-electron chi connectivity index (χ0n) is 10.5. The molecule has 91 valence electrons. The van der Waals surface area contributed by atoms with Crippen molar-refractivity contribution in [1.29, 1.82) is 0 Å². The highest BCUT2D eigenvalue weighted by Crippen LogP contribution is 2.26. The number of hydrogen-bond acceptors (Lipinski definition) is 2. The summed E-state index contributed by atoms with van der Waals surface area (Å²) < 4.78 is 0. The maximum absolute atomic E-state index is 11.6. The van der Waals surface area contributed by atoms with E-state index in [9.17, 15) is 4.79 Å². The summed E-state index contributed by atoms with van der Waals surface area (Å²) in [7, 11) is 1.80. The first-order valence-corrected chi connectivity index (χ1v) is 5.79. The van der Waals surface area contributed by atoms with E-state index in [0.717, 1.165) is 11.1 Å². The smallest absolute Gasteiger partial charge is 0.219 e. The van der Waals surface area contributed by atoms with E-state index in [2.05, 4.69) is 11.1 Å². The Morgan fingerprint density at radius 1 is 1.33 bits per heavy atom. The number of pyridine rings is 1. The van der Waals surface area contributed by atoms with Gasteiger partial charge in [0.15, 0.2) is 0 Å². The zero-order valence-corrected chi connectivity index (χ0v) is 10.5. The van der Waals surface area contributed by atoms with Crippen LogP contribution in [0.3, 0.4) is 0 Å². The van der Waals surface area contributed by atoms with Crippen molar-refractivity contribution in [2.45, 2.75) is 13.0 Å². The second kappa shape index (κ2) is 5.45. The van der Waals surface area contributed by atoms with Gasteiger partial charge in [0.1, 0.15) is 0 Å². The van der Waals surface area contributed by atoms with Crippen molar-refractivity contribution in [3.05, 3.63) is 66.0 Å². The molecule has 2 aromatic rings. The normalized spacial score (nSPS) is 11.9. The molecule has 0 fully saturated rings. The average molecular weight is 239 g/mol. The van der Waals surface area contributed by atoms with Gasteiger partial charge < -0.3 is 4.90 Å². The Hall–Kier alpha value is -2.16. The highest BCUT2D eigenvalue weighted by atomic mass is 16.2. The van der Waals surface area contributed by atoms with Crippen LogP contribution in [-0.4, -0.2) is 22.8 Å². The predicted octanol–water partition coefficient (Wildman–Crippen LogP) is 2.45. The fraction of sp³-hybridized carbons (Fsp3) is 0.200. The summed E-state index contributed by atoms with van der Waals surface area (Å²) in [6.45, 7) is 1.57. The molecule has 0 saturated carbocycles. The summed E-state index contributed by atoms with van der Waals surface area (Å²) in [5, 5.41) is 0. The summed E-state index contributed by atoms with van der Waals surface area (Å²) in [6.07, 6.45) is 3.52. The third-order valence-electron chi connectivity index (χ3n) is 2.93. The van der Waals surface area contributed by atoms with Crippen molar-refractivity contribution in [2.75, 3.05) is 7.05 Å². The topological polar surface area (TPSA) is 33.2 Å². The van der Waals surface area contributed by atoms with Gasteiger partial charge in [0.25, 0.3) is 0 Å². The van der Waals surface area contributed by atoms with Crippen LogP contribution >= 0.6 is 0 Å². The number of amides is 1. The van der Waals surface area contributed by atoms with Crippen molar-refractivity contribution in [2.24, 2.45) is 0 Å². The molecule has 0 aliphatic rings. The molecule has 2 rings (SSSR count). The van der Waals surface area contributed by atoms with Gasteiger partial charge in [0.05, 0.1) is 6.04 Å². The first kappa shape index (κ1) is 12.3. The SMILES string of the molecule is CC(=O)N(C)C(c1c[c]ccc1)c1cccnc1. The summed E-state index contributed by atoms with van der Waals surface area (Å²) in [5.41, 5.74) is 2.03. The van der Waals surface area contributed by atoms with Crippen LogP contribution in [0.5, 0.6) is 0 Å².